The fourth-order valence-electron chi connectivity index (χ4n) is 1.82. The van der Waals surface area contributed by atoms with Crippen molar-refractivity contribution in [2.45, 2.75) is 32.3 Å². The summed E-state index contributed by atoms with van der Waals surface area (Å²) in [6.07, 6.45) is 2.81. The number of aryl methyl sites for hydroxylation is 1. The molecule has 98 valence electrons. The molecule has 2 rings (SSSR count). The van der Waals surface area contributed by atoms with Gasteiger partial charge in [-0.1, -0.05) is 55.5 Å². The van der Waals surface area contributed by atoms with Gasteiger partial charge in [0.25, 0.3) is 0 Å². The fourth-order valence-corrected chi connectivity index (χ4v) is 2.40. The van der Waals surface area contributed by atoms with Crippen LogP contribution in [0.1, 0.15) is 41.9 Å². The van der Waals surface area contributed by atoms with E-state index in [1.807, 2.05) is 29.6 Å². The van der Waals surface area contributed by atoms with Gasteiger partial charge in [0.15, 0.2) is 0 Å². The van der Waals surface area contributed by atoms with Crippen LogP contribution in [0, 0.1) is 11.8 Å². The Morgan fingerprint density at radius 1 is 1.21 bits per heavy atom. The predicted molar refractivity (Wildman–Crippen MR) is 81.2 cm³/mol. The maximum absolute atomic E-state index is 10.0. The van der Waals surface area contributed by atoms with Crippen molar-refractivity contribution >= 4 is 11.3 Å². The molecular weight excluding hydrogens is 252 g/mol. The third-order valence-electron chi connectivity index (χ3n) is 2.97. The molecule has 2 aromatic rings. The monoisotopic (exact) mass is 270 g/mol. The number of unbranched alkanes of at least 4 members (excludes halogenated alkanes) is 1. The van der Waals surface area contributed by atoms with E-state index >= 15 is 0 Å². The molecule has 0 saturated carbocycles. The summed E-state index contributed by atoms with van der Waals surface area (Å²) in [4.78, 5) is 0.985. The van der Waals surface area contributed by atoms with E-state index in [1.54, 1.807) is 11.3 Å². The molecule has 0 spiro atoms. The van der Waals surface area contributed by atoms with Crippen molar-refractivity contribution in [3.63, 3.8) is 0 Å². The van der Waals surface area contributed by atoms with Gasteiger partial charge in [0.2, 0.25) is 0 Å². The Bertz CT molecular complexity index is 543. The first-order valence-electron chi connectivity index (χ1n) is 6.61. The fraction of sp³-hybridized carbons (Fsp3) is 0.294. The molecule has 1 aromatic heterocycles. The Morgan fingerprint density at radius 3 is 2.63 bits per heavy atom. The number of rotatable bonds is 4. The summed E-state index contributed by atoms with van der Waals surface area (Å²) in [5.41, 5.74) is 2.19. The summed E-state index contributed by atoms with van der Waals surface area (Å²) in [5, 5.41) is 12.0. The first kappa shape index (κ1) is 13.9. The highest BCUT2D eigenvalue weighted by molar-refractivity contribution is 7.10. The Labute approximate surface area is 118 Å². The third-order valence-corrected chi connectivity index (χ3v) is 3.75. The van der Waals surface area contributed by atoms with Gasteiger partial charge in [-0.2, -0.15) is 0 Å². The smallest absolute Gasteiger partial charge is 0.140 e. The second kappa shape index (κ2) is 7.13. The van der Waals surface area contributed by atoms with Crippen LogP contribution in [0.4, 0.5) is 0 Å². The lowest BCUT2D eigenvalue weighted by atomic mass is 10.0. The molecule has 1 unspecified atom stereocenters. The number of thiophene rings is 1. The average molecular weight is 270 g/mol. The minimum Gasteiger partial charge on any atom is -0.376 e. The Morgan fingerprint density at radius 2 is 2.00 bits per heavy atom. The summed E-state index contributed by atoms with van der Waals surface area (Å²) in [6.45, 7) is 2.19. The SMILES string of the molecule is CCCCc1ccc(C(O)C#Cc2cccs2)cc1. The molecule has 1 nitrogen and oxygen atoms in total. The normalized spacial score (nSPS) is 11.7. The van der Waals surface area contributed by atoms with Gasteiger partial charge in [-0.3, -0.25) is 0 Å². The van der Waals surface area contributed by atoms with Gasteiger partial charge in [-0.25, -0.2) is 0 Å². The molecule has 2 heteroatoms. The standard InChI is InChI=1S/C17H18OS/c1-2-3-5-14-7-9-15(10-8-14)17(18)12-11-16-6-4-13-19-16/h4,6-10,13,17-18H,2-3,5H2,1H3. The largest absolute Gasteiger partial charge is 0.376 e. The van der Waals surface area contributed by atoms with Gasteiger partial charge >= 0.3 is 0 Å². The highest BCUT2D eigenvalue weighted by Gasteiger charge is 2.03. The van der Waals surface area contributed by atoms with E-state index in [4.69, 9.17) is 0 Å². The average Bonchev–Trinajstić information content (AvgIpc) is 2.96. The number of aliphatic hydroxyl groups excluding tert-OH is 1. The van der Waals surface area contributed by atoms with Crippen molar-refractivity contribution in [1.82, 2.24) is 0 Å². The number of hydrogen-bond donors (Lipinski definition) is 1. The van der Waals surface area contributed by atoms with Crippen LogP contribution in [0.2, 0.25) is 0 Å². The van der Waals surface area contributed by atoms with E-state index in [0.29, 0.717) is 0 Å². The third kappa shape index (κ3) is 4.24. The lowest BCUT2D eigenvalue weighted by Crippen LogP contribution is -1.94. The highest BCUT2D eigenvalue weighted by atomic mass is 32.1. The molecule has 1 atom stereocenters. The van der Waals surface area contributed by atoms with Gasteiger partial charge in [0, 0.05) is 0 Å². The second-order valence-corrected chi connectivity index (χ2v) is 5.44. The summed E-state index contributed by atoms with van der Waals surface area (Å²) >= 11 is 1.59. The van der Waals surface area contributed by atoms with Crippen LogP contribution in [0.5, 0.6) is 0 Å². The summed E-state index contributed by atoms with van der Waals surface area (Å²) in [5.74, 6) is 5.87. The number of aliphatic hydroxyl groups is 1. The van der Waals surface area contributed by atoms with Gasteiger partial charge in [0.1, 0.15) is 6.10 Å². The van der Waals surface area contributed by atoms with E-state index in [-0.39, 0.29) is 0 Å². The lowest BCUT2D eigenvalue weighted by Gasteiger charge is -2.05. The van der Waals surface area contributed by atoms with Crippen molar-refractivity contribution < 1.29 is 5.11 Å². The van der Waals surface area contributed by atoms with Crippen LogP contribution in [-0.4, -0.2) is 5.11 Å². The van der Waals surface area contributed by atoms with Crippen LogP contribution in [0.15, 0.2) is 41.8 Å². The Balaban J connectivity index is 2.01. The Hall–Kier alpha value is -1.56. The first-order valence-corrected chi connectivity index (χ1v) is 7.49. The molecule has 1 aromatic carbocycles. The quantitative estimate of drug-likeness (QED) is 0.826. The topological polar surface area (TPSA) is 20.2 Å². The number of benzene rings is 1. The minimum atomic E-state index is -0.706. The van der Waals surface area contributed by atoms with Crippen LogP contribution >= 0.6 is 11.3 Å². The molecule has 0 aliphatic rings. The molecule has 0 radical (unpaired) electrons. The molecule has 1 N–H and O–H groups in total. The van der Waals surface area contributed by atoms with Crippen LogP contribution in [-0.2, 0) is 6.42 Å². The first-order chi connectivity index (χ1) is 9.29. The molecule has 0 aliphatic carbocycles. The van der Waals surface area contributed by atoms with Crippen LogP contribution in [0.3, 0.4) is 0 Å². The molecule has 0 aliphatic heterocycles. The van der Waals surface area contributed by atoms with Gasteiger partial charge in [-0.15, -0.1) is 11.3 Å². The van der Waals surface area contributed by atoms with Gasteiger partial charge < -0.3 is 5.11 Å². The predicted octanol–water partition coefficient (Wildman–Crippen LogP) is 4.18. The van der Waals surface area contributed by atoms with E-state index in [0.717, 1.165) is 16.9 Å². The zero-order valence-corrected chi connectivity index (χ0v) is 11.9. The van der Waals surface area contributed by atoms with E-state index in [2.05, 4.69) is 30.9 Å². The van der Waals surface area contributed by atoms with Crippen LogP contribution < -0.4 is 0 Å². The maximum Gasteiger partial charge on any atom is 0.140 e. The Kier molecular flexibility index (Phi) is 5.20. The van der Waals surface area contributed by atoms with Crippen molar-refractivity contribution in [2.75, 3.05) is 0 Å². The van der Waals surface area contributed by atoms with Gasteiger partial charge in [0.05, 0.1) is 4.88 Å². The highest BCUT2D eigenvalue weighted by Crippen LogP contribution is 2.15. The lowest BCUT2D eigenvalue weighted by molar-refractivity contribution is 0.238. The molecule has 0 amide bonds. The minimum absolute atomic E-state index is 0.706. The summed E-state index contributed by atoms with van der Waals surface area (Å²) in [6, 6.07) is 12.0. The van der Waals surface area contributed by atoms with E-state index in [1.165, 1.54) is 18.4 Å². The second-order valence-electron chi connectivity index (χ2n) is 4.49. The molecule has 19 heavy (non-hydrogen) atoms. The maximum atomic E-state index is 10.0. The van der Waals surface area contributed by atoms with E-state index in [9.17, 15) is 5.11 Å². The van der Waals surface area contributed by atoms with Gasteiger partial charge in [-0.05, 0) is 35.4 Å². The van der Waals surface area contributed by atoms with Crippen molar-refractivity contribution in [1.29, 1.82) is 0 Å². The zero-order valence-electron chi connectivity index (χ0n) is 11.1. The van der Waals surface area contributed by atoms with Crippen molar-refractivity contribution in [2.24, 2.45) is 0 Å². The summed E-state index contributed by atoms with van der Waals surface area (Å²) < 4.78 is 0. The van der Waals surface area contributed by atoms with Crippen LogP contribution in [0.25, 0.3) is 0 Å². The zero-order chi connectivity index (χ0) is 13.5. The van der Waals surface area contributed by atoms with E-state index < -0.39 is 6.10 Å². The number of hydrogen-bond acceptors (Lipinski definition) is 2. The molecule has 0 saturated heterocycles. The molecular formula is C17H18OS. The van der Waals surface area contributed by atoms with Crippen molar-refractivity contribution in [3.05, 3.63) is 57.8 Å². The summed E-state index contributed by atoms with van der Waals surface area (Å²) in [7, 11) is 0. The van der Waals surface area contributed by atoms with Crippen molar-refractivity contribution in [3.8, 4) is 11.8 Å². The molecule has 0 fully saturated rings. The molecule has 1 heterocycles. The molecule has 0 bridgehead atoms.